The summed E-state index contributed by atoms with van der Waals surface area (Å²) < 4.78 is 0. The van der Waals surface area contributed by atoms with Gasteiger partial charge in [-0.2, -0.15) is 0 Å². The average molecular weight is 332 g/mol. The van der Waals surface area contributed by atoms with Crippen molar-refractivity contribution >= 4 is 24.1 Å². The Labute approximate surface area is 139 Å². The normalized spacial score (nSPS) is 16.0. The maximum atomic E-state index is 12.2. The zero-order chi connectivity index (χ0) is 17.7. The van der Waals surface area contributed by atoms with Gasteiger partial charge in [0.05, 0.1) is 11.1 Å². The zero-order valence-corrected chi connectivity index (χ0v) is 13.2. The number of hydrogen-bond donors (Lipinski definition) is 2. The van der Waals surface area contributed by atoms with Crippen molar-refractivity contribution in [3.63, 3.8) is 0 Å². The summed E-state index contributed by atoms with van der Waals surface area (Å²) >= 11 is 0. The standard InChI is InChI=1S/C17H20N2O5/c18-14(17(23)24)9-11(10-20)5-3-4-8-19-15(21)12-6-1-2-7-13(12)16(19)22/h1-2,6-7,10-11,14H,3-5,8-9,18H2,(H,23,24)/t11?,14-/m0/s1. The number of carbonyl (C=O) groups excluding carboxylic acids is 3. The van der Waals surface area contributed by atoms with E-state index >= 15 is 0 Å². The Kier molecular flexibility index (Phi) is 5.81. The second kappa shape index (κ2) is 7.83. The summed E-state index contributed by atoms with van der Waals surface area (Å²) in [5.41, 5.74) is 6.26. The molecule has 0 saturated carbocycles. The molecule has 1 aliphatic rings. The Hall–Kier alpha value is -2.54. The summed E-state index contributed by atoms with van der Waals surface area (Å²) in [6, 6.07) is 5.63. The van der Waals surface area contributed by atoms with Crippen molar-refractivity contribution < 1.29 is 24.3 Å². The minimum Gasteiger partial charge on any atom is -0.480 e. The van der Waals surface area contributed by atoms with E-state index in [1.165, 1.54) is 4.90 Å². The first-order valence-corrected chi connectivity index (χ1v) is 7.84. The number of carboxylic acids is 1. The molecule has 3 N–H and O–H groups in total. The van der Waals surface area contributed by atoms with E-state index in [0.29, 0.717) is 36.7 Å². The molecular weight excluding hydrogens is 312 g/mol. The quantitative estimate of drug-likeness (QED) is 0.397. The largest absolute Gasteiger partial charge is 0.480 e. The predicted molar refractivity (Wildman–Crippen MR) is 85.4 cm³/mol. The van der Waals surface area contributed by atoms with Crippen LogP contribution in [0.15, 0.2) is 24.3 Å². The van der Waals surface area contributed by atoms with E-state index in [9.17, 15) is 19.2 Å². The number of rotatable bonds is 9. The van der Waals surface area contributed by atoms with Crippen molar-refractivity contribution in [1.82, 2.24) is 4.90 Å². The number of nitrogens with zero attached hydrogens (tertiary/aromatic N) is 1. The third-order valence-corrected chi connectivity index (χ3v) is 4.15. The van der Waals surface area contributed by atoms with Gasteiger partial charge < -0.3 is 15.6 Å². The van der Waals surface area contributed by atoms with Crippen LogP contribution < -0.4 is 5.73 Å². The molecule has 1 heterocycles. The fraction of sp³-hybridized carbons (Fsp3) is 0.412. The maximum Gasteiger partial charge on any atom is 0.320 e. The molecule has 1 aromatic rings. The lowest BCUT2D eigenvalue weighted by molar-refractivity contribution is -0.139. The highest BCUT2D eigenvalue weighted by Gasteiger charge is 2.34. The van der Waals surface area contributed by atoms with Gasteiger partial charge >= 0.3 is 5.97 Å². The van der Waals surface area contributed by atoms with Gasteiger partial charge in [-0.3, -0.25) is 19.3 Å². The van der Waals surface area contributed by atoms with E-state index in [0.717, 1.165) is 0 Å². The smallest absolute Gasteiger partial charge is 0.320 e. The molecule has 24 heavy (non-hydrogen) atoms. The average Bonchev–Trinajstić information content (AvgIpc) is 2.82. The number of hydrogen-bond acceptors (Lipinski definition) is 5. The van der Waals surface area contributed by atoms with E-state index in [1.807, 2.05) is 0 Å². The Morgan fingerprint density at radius 3 is 2.25 bits per heavy atom. The summed E-state index contributed by atoms with van der Waals surface area (Å²) in [4.78, 5) is 47.3. The van der Waals surface area contributed by atoms with Gasteiger partial charge in [-0.1, -0.05) is 18.6 Å². The first-order chi connectivity index (χ1) is 11.5. The van der Waals surface area contributed by atoms with Crippen molar-refractivity contribution in [3.05, 3.63) is 35.4 Å². The molecule has 0 saturated heterocycles. The lowest BCUT2D eigenvalue weighted by Gasteiger charge is -2.15. The fourth-order valence-corrected chi connectivity index (χ4v) is 2.79. The minimum atomic E-state index is -1.13. The first kappa shape index (κ1) is 17.8. The molecule has 0 aliphatic carbocycles. The van der Waals surface area contributed by atoms with Crippen LogP contribution in [0.1, 0.15) is 46.4 Å². The summed E-state index contributed by atoms with van der Waals surface area (Å²) in [5.74, 6) is -2.16. The molecule has 2 amide bonds. The van der Waals surface area contributed by atoms with Crippen LogP contribution in [-0.4, -0.2) is 46.7 Å². The molecule has 1 aromatic carbocycles. The number of benzene rings is 1. The summed E-state index contributed by atoms with van der Waals surface area (Å²) in [7, 11) is 0. The topological polar surface area (TPSA) is 118 Å². The minimum absolute atomic E-state index is 0.0891. The van der Waals surface area contributed by atoms with Crippen molar-refractivity contribution in [1.29, 1.82) is 0 Å². The molecule has 0 aromatic heterocycles. The number of imide groups is 1. The number of aldehydes is 1. The Balaban J connectivity index is 1.81. The summed E-state index contributed by atoms with van der Waals surface area (Å²) in [6.07, 6.45) is 2.44. The third kappa shape index (κ3) is 3.86. The van der Waals surface area contributed by atoms with E-state index in [1.54, 1.807) is 24.3 Å². The molecular formula is C17H20N2O5. The highest BCUT2D eigenvalue weighted by Crippen LogP contribution is 2.23. The van der Waals surface area contributed by atoms with Gasteiger partial charge in [-0.05, 0) is 31.4 Å². The zero-order valence-electron chi connectivity index (χ0n) is 13.2. The van der Waals surface area contributed by atoms with Crippen molar-refractivity contribution in [3.8, 4) is 0 Å². The van der Waals surface area contributed by atoms with E-state index in [-0.39, 0.29) is 24.8 Å². The molecule has 128 valence electrons. The second-order valence-corrected chi connectivity index (χ2v) is 5.88. The fourth-order valence-electron chi connectivity index (χ4n) is 2.79. The Bertz CT molecular complexity index is 623. The lowest BCUT2D eigenvalue weighted by atomic mass is 9.96. The monoisotopic (exact) mass is 332 g/mol. The van der Waals surface area contributed by atoms with Crippen LogP contribution in [0.25, 0.3) is 0 Å². The third-order valence-electron chi connectivity index (χ3n) is 4.15. The second-order valence-electron chi connectivity index (χ2n) is 5.88. The van der Waals surface area contributed by atoms with E-state index in [2.05, 4.69) is 0 Å². The first-order valence-electron chi connectivity index (χ1n) is 7.84. The van der Waals surface area contributed by atoms with Crippen LogP contribution in [0.4, 0.5) is 0 Å². The van der Waals surface area contributed by atoms with Gasteiger partial charge in [0.1, 0.15) is 12.3 Å². The predicted octanol–water partition coefficient (Wildman–Crippen LogP) is 1.07. The molecule has 7 heteroatoms. The van der Waals surface area contributed by atoms with Gasteiger partial charge in [0.15, 0.2) is 0 Å². The maximum absolute atomic E-state index is 12.2. The van der Waals surface area contributed by atoms with Crippen molar-refractivity contribution in [2.75, 3.05) is 6.54 Å². The number of amides is 2. The number of nitrogens with two attached hydrogens (primary N) is 1. The lowest BCUT2D eigenvalue weighted by Crippen LogP contribution is -2.33. The number of carbonyl (C=O) groups is 4. The summed E-state index contributed by atoms with van der Waals surface area (Å²) in [5, 5.41) is 8.76. The molecule has 1 unspecified atom stereocenters. The molecule has 0 radical (unpaired) electrons. The number of fused-ring (bicyclic) bond motifs is 1. The molecule has 0 spiro atoms. The Morgan fingerprint density at radius 1 is 1.17 bits per heavy atom. The van der Waals surface area contributed by atoms with Crippen LogP contribution in [-0.2, 0) is 9.59 Å². The van der Waals surface area contributed by atoms with Crippen molar-refractivity contribution in [2.24, 2.45) is 11.7 Å². The molecule has 0 fully saturated rings. The van der Waals surface area contributed by atoms with Crippen LogP contribution in [0.2, 0.25) is 0 Å². The SMILES string of the molecule is N[C@@H](CC(C=O)CCCCN1C(=O)c2ccccc2C1=O)C(=O)O. The molecule has 2 rings (SSSR count). The highest BCUT2D eigenvalue weighted by atomic mass is 16.4. The van der Waals surface area contributed by atoms with Gasteiger partial charge in [0, 0.05) is 12.5 Å². The van der Waals surface area contributed by atoms with E-state index in [4.69, 9.17) is 10.8 Å². The number of carboxylic acid groups (broad SMARTS) is 1. The van der Waals surface area contributed by atoms with Crippen LogP contribution in [0.5, 0.6) is 0 Å². The van der Waals surface area contributed by atoms with Crippen LogP contribution in [0, 0.1) is 5.92 Å². The van der Waals surface area contributed by atoms with Gasteiger partial charge in [-0.15, -0.1) is 0 Å². The van der Waals surface area contributed by atoms with Gasteiger partial charge in [0.25, 0.3) is 11.8 Å². The van der Waals surface area contributed by atoms with Crippen molar-refractivity contribution in [2.45, 2.75) is 31.7 Å². The van der Waals surface area contributed by atoms with Crippen LogP contribution in [0.3, 0.4) is 0 Å². The molecule has 2 atom stereocenters. The summed E-state index contributed by atoms with van der Waals surface area (Å²) in [6.45, 7) is 0.281. The van der Waals surface area contributed by atoms with Crippen LogP contribution >= 0.6 is 0 Å². The molecule has 7 nitrogen and oxygen atoms in total. The van der Waals surface area contributed by atoms with Gasteiger partial charge in [-0.25, -0.2) is 0 Å². The number of aliphatic carboxylic acids is 1. The van der Waals surface area contributed by atoms with E-state index < -0.39 is 17.9 Å². The number of unbranched alkanes of at least 4 members (excludes halogenated alkanes) is 1. The molecule has 1 aliphatic heterocycles. The highest BCUT2D eigenvalue weighted by molar-refractivity contribution is 6.21. The van der Waals surface area contributed by atoms with Gasteiger partial charge in [0.2, 0.25) is 0 Å². The Morgan fingerprint density at radius 2 is 1.75 bits per heavy atom. The molecule has 0 bridgehead atoms.